The maximum absolute atomic E-state index is 15.0. The molecule has 0 radical (unpaired) electrons. The molecule has 0 saturated carbocycles. The number of aromatic nitrogens is 5. The van der Waals surface area contributed by atoms with Gasteiger partial charge in [0.2, 0.25) is 0 Å². The molecule has 8 nitrogen and oxygen atoms in total. The van der Waals surface area contributed by atoms with Crippen LogP contribution in [-0.4, -0.2) is 62.0 Å². The Morgan fingerprint density at radius 3 is 2.40 bits per heavy atom. The lowest BCUT2D eigenvalue weighted by molar-refractivity contribution is -0.147. The van der Waals surface area contributed by atoms with Crippen molar-refractivity contribution >= 4 is 22.4 Å². The SMILES string of the molecule is CCOc1cc(F)c(Cn2nc(-c3ncc(C4CCN(CC(F)(F)F)CC4)c(Nc4cc(C)ncc4C)n3)c3ccccc32)c(F)c1. The Labute approximate surface area is 268 Å². The Morgan fingerprint density at radius 2 is 1.70 bits per heavy atom. The molecule has 0 aliphatic carbocycles. The molecule has 1 aliphatic rings. The standard InChI is InChI=1S/C34H34F5N7O/c1-4-47-23-14-27(35)26(28(36)15-23)18-46-30-8-6-5-7-24(30)31(44-46)33-41-17-25(22-9-11-45(12-10-22)19-34(37,38)39)32(43-33)42-29-13-21(3)40-16-20(29)2/h5-8,13-17,22H,4,9-12,18-19H2,1-3H3,(H,40,41,42,43). The molecule has 0 unspecified atom stereocenters. The van der Waals surface area contributed by atoms with Crippen LogP contribution >= 0.6 is 0 Å². The number of piperidine rings is 1. The molecule has 13 heteroatoms. The highest BCUT2D eigenvalue weighted by molar-refractivity contribution is 5.92. The second-order valence-corrected chi connectivity index (χ2v) is 11.8. The van der Waals surface area contributed by atoms with Gasteiger partial charge in [-0.15, -0.1) is 0 Å². The number of nitrogens with one attached hydrogen (secondary N) is 1. The van der Waals surface area contributed by atoms with Gasteiger partial charge in [0.25, 0.3) is 0 Å². The maximum Gasteiger partial charge on any atom is 0.401 e. The van der Waals surface area contributed by atoms with Crippen molar-refractivity contribution in [1.82, 2.24) is 29.6 Å². The minimum absolute atomic E-state index is 0.0702. The molecule has 0 spiro atoms. The molecule has 1 N–H and O–H groups in total. The Morgan fingerprint density at radius 1 is 0.979 bits per heavy atom. The van der Waals surface area contributed by atoms with E-state index in [1.807, 2.05) is 44.2 Å². The first-order valence-electron chi connectivity index (χ1n) is 15.4. The molecule has 1 fully saturated rings. The zero-order valence-electron chi connectivity index (χ0n) is 26.2. The van der Waals surface area contributed by atoms with Crippen LogP contribution in [0, 0.1) is 25.5 Å². The highest BCUT2D eigenvalue weighted by Crippen LogP contribution is 2.36. The molecular formula is C34H34F5N7O. The molecular weight excluding hydrogens is 617 g/mol. The summed E-state index contributed by atoms with van der Waals surface area (Å²) in [5.74, 6) is -0.649. The van der Waals surface area contributed by atoms with E-state index in [0.717, 1.165) is 34.6 Å². The number of halogens is 5. The number of anilines is 2. The normalized spacial score (nSPS) is 14.6. The number of benzene rings is 2. The topological polar surface area (TPSA) is 81.0 Å². The van der Waals surface area contributed by atoms with Gasteiger partial charge in [-0.1, -0.05) is 18.2 Å². The van der Waals surface area contributed by atoms with E-state index in [1.54, 1.807) is 19.3 Å². The Hall–Kier alpha value is -4.65. The lowest BCUT2D eigenvalue weighted by atomic mass is 9.90. The van der Waals surface area contributed by atoms with Crippen LogP contribution in [-0.2, 0) is 6.54 Å². The van der Waals surface area contributed by atoms with Crippen molar-refractivity contribution in [2.45, 2.75) is 52.3 Å². The van der Waals surface area contributed by atoms with Crippen molar-refractivity contribution in [1.29, 1.82) is 0 Å². The molecule has 2 aromatic carbocycles. The van der Waals surface area contributed by atoms with E-state index in [0.29, 0.717) is 48.3 Å². The van der Waals surface area contributed by atoms with Crippen molar-refractivity contribution in [3.63, 3.8) is 0 Å². The number of hydrogen-bond donors (Lipinski definition) is 1. The van der Waals surface area contributed by atoms with Crippen LogP contribution in [0.1, 0.15) is 48.1 Å². The van der Waals surface area contributed by atoms with Gasteiger partial charge in [-0.25, -0.2) is 18.7 Å². The van der Waals surface area contributed by atoms with Crippen molar-refractivity contribution < 1.29 is 26.7 Å². The molecule has 1 aliphatic heterocycles. The summed E-state index contributed by atoms with van der Waals surface area (Å²) in [7, 11) is 0. The van der Waals surface area contributed by atoms with Crippen LogP contribution in [0.5, 0.6) is 5.75 Å². The first-order chi connectivity index (χ1) is 22.5. The van der Waals surface area contributed by atoms with Crippen molar-refractivity contribution in [3.05, 3.63) is 88.9 Å². The zero-order chi connectivity index (χ0) is 33.3. The molecule has 246 valence electrons. The Balaban J connectivity index is 1.38. The quantitative estimate of drug-likeness (QED) is 0.164. The van der Waals surface area contributed by atoms with Crippen LogP contribution < -0.4 is 10.1 Å². The fraction of sp³-hybridized carbons (Fsp3) is 0.353. The summed E-state index contributed by atoms with van der Waals surface area (Å²) in [6.45, 7) is 5.28. The van der Waals surface area contributed by atoms with E-state index >= 15 is 8.78 Å². The van der Waals surface area contributed by atoms with Crippen LogP contribution in [0.4, 0.5) is 33.5 Å². The van der Waals surface area contributed by atoms with E-state index in [1.165, 1.54) is 9.58 Å². The van der Waals surface area contributed by atoms with E-state index in [9.17, 15) is 13.2 Å². The highest BCUT2D eigenvalue weighted by Gasteiger charge is 2.33. The molecule has 5 aromatic rings. The summed E-state index contributed by atoms with van der Waals surface area (Å²) in [6, 6.07) is 11.5. The first kappa shape index (κ1) is 32.3. The van der Waals surface area contributed by atoms with Crippen LogP contribution in [0.2, 0.25) is 0 Å². The third kappa shape index (κ3) is 7.19. The fourth-order valence-electron chi connectivity index (χ4n) is 5.99. The second kappa shape index (κ2) is 13.2. The van der Waals surface area contributed by atoms with Gasteiger partial charge >= 0.3 is 6.18 Å². The number of rotatable bonds is 9. The minimum Gasteiger partial charge on any atom is -0.494 e. The van der Waals surface area contributed by atoms with E-state index < -0.39 is 24.4 Å². The van der Waals surface area contributed by atoms with Gasteiger partial charge in [-0.05, 0) is 70.3 Å². The lowest BCUT2D eigenvalue weighted by Gasteiger charge is -2.33. The zero-order valence-corrected chi connectivity index (χ0v) is 26.2. The molecule has 1 saturated heterocycles. The molecule has 6 rings (SSSR count). The summed E-state index contributed by atoms with van der Waals surface area (Å²) in [6.07, 6.45) is 0.232. The number of alkyl halides is 3. The number of fused-ring (bicyclic) bond motifs is 1. The number of aryl methyl sites for hydroxylation is 2. The van der Waals surface area contributed by atoms with Gasteiger partial charge in [0, 0.05) is 52.4 Å². The molecule has 0 atom stereocenters. The largest absolute Gasteiger partial charge is 0.494 e. The fourth-order valence-corrected chi connectivity index (χ4v) is 5.99. The monoisotopic (exact) mass is 651 g/mol. The van der Waals surface area contributed by atoms with Gasteiger partial charge in [-0.2, -0.15) is 18.3 Å². The first-order valence-corrected chi connectivity index (χ1v) is 15.4. The third-order valence-electron chi connectivity index (χ3n) is 8.34. The molecule has 0 bridgehead atoms. The lowest BCUT2D eigenvalue weighted by Crippen LogP contribution is -2.39. The van der Waals surface area contributed by atoms with E-state index in [2.05, 4.69) is 15.3 Å². The van der Waals surface area contributed by atoms with Crippen molar-refractivity contribution in [2.24, 2.45) is 0 Å². The van der Waals surface area contributed by atoms with Gasteiger partial charge in [-0.3, -0.25) is 14.6 Å². The van der Waals surface area contributed by atoms with Crippen LogP contribution in [0.3, 0.4) is 0 Å². The summed E-state index contributed by atoms with van der Waals surface area (Å²) in [4.78, 5) is 15.4. The number of para-hydroxylation sites is 1. The van der Waals surface area contributed by atoms with Gasteiger partial charge in [0.15, 0.2) is 5.82 Å². The average molecular weight is 652 g/mol. The number of hydrogen-bond acceptors (Lipinski definition) is 7. The third-order valence-corrected chi connectivity index (χ3v) is 8.34. The van der Waals surface area contributed by atoms with Gasteiger partial charge in [0.1, 0.15) is 28.9 Å². The van der Waals surface area contributed by atoms with E-state index in [-0.39, 0.29) is 36.2 Å². The predicted octanol–water partition coefficient (Wildman–Crippen LogP) is 7.72. The predicted molar refractivity (Wildman–Crippen MR) is 169 cm³/mol. The summed E-state index contributed by atoms with van der Waals surface area (Å²) in [5, 5.41) is 8.86. The van der Waals surface area contributed by atoms with Crippen molar-refractivity contribution in [3.8, 4) is 17.3 Å². The number of pyridine rings is 1. The van der Waals surface area contributed by atoms with E-state index in [4.69, 9.17) is 14.8 Å². The highest BCUT2D eigenvalue weighted by atomic mass is 19.4. The number of ether oxygens (including phenoxy) is 1. The molecule has 3 aromatic heterocycles. The van der Waals surface area contributed by atoms with Crippen molar-refractivity contribution in [2.75, 3.05) is 31.6 Å². The second-order valence-electron chi connectivity index (χ2n) is 11.8. The van der Waals surface area contributed by atoms with Crippen LogP contribution in [0.25, 0.3) is 22.4 Å². The van der Waals surface area contributed by atoms with Crippen LogP contribution in [0.15, 0.2) is 54.9 Å². The summed E-state index contributed by atoms with van der Waals surface area (Å²) in [5.41, 5.74) is 4.15. The minimum atomic E-state index is -4.25. The molecule has 47 heavy (non-hydrogen) atoms. The maximum atomic E-state index is 15.0. The number of likely N-dealkylation sites (tertiary alicyclic amines) is 1. The summed E-state index contributed by atoms with van der Waals surface area (Å²) >= 11 is 0. The Bertz CT molecular complexity index is 1880. The summed E-state index contributed by atoms with van der Waals surface area (Å²) < 4.78 is 76.0. The molecule has 4 heterocycles. The number of nitrogens with zero attached hydrogens (tertiary/aromatic N) is 6. The average Bonchev–Trinajstić information content (AvgIpc) is 3.39. The Kier molecular flexibility index (Phi) is 9.09. The smallest absolute Gasteiger partial charge is 0.401 e. The van der Waals surface area contributed by atoms with Gasteiger partial charge in [0.05, 0.1) is 25.2 Å². The van der Waals surface area contributed by atoms with Gasteiger partial charge < -0.3 is 10.1 Å². The molecule has 0 amide bonds.